The zero-order valence-electron chi connectivity index (χ0n) is 5.83. The van der Waals surface area contributed by atoms with E-state index in [0.29, 0.717) is 6.42 Å². The van der Waals surface area contributed by atoms with Crippen LogP contribution in [-0.2, 0) is 14.3 Å². The Hall–Kier alpha value is -0.510. The highest BCUT2D eigenvalue weighted by Crippen LogP contribution is 2.12. The Morgan fingerprint density at radius 2 is 2.30 bits per heavy atom. The Morgan fingerprint density at radius 3 is 3.00 bits per heavy atom. The van der Waals surface area contributed by atoms with Gasteiger partial charge in [-0.15, -0.1) is 0 Å². The van der Waals surface area contributed by atoms with Gasteiger partial charge in [0, 0.05) is 0 Å². The van der Waals surface area contributed by atoms with E-state index in [9.17, 15) is 8.42 Å². The van der Waals surface area contributed by atoms with Gasteiger partial charge in [-0.3, -0.25) is 0 Å². The fraction of sp³-hybridized carbons (Fsp3) is 0.667. The molecule has 1 rings (SSSR count). The first-order chi connectivity index (χ1) is 4.60. The van der Waals surface area contributed by atoms with Crippen LogP contribution in [0, 0.1) is 0 Å². The second-order valence-corrected chi connectivity index (χ2v) is 4.14. The summed E-state index contributed by atoms with van der Waals surface area (Å²) < 4.78 is 26.0. The fourth-order valence-electron chi connectivity index (χ4n) is 0.790. The van der Waals surface area contributed by atoms with Crippen molar-refractivity contribution in [1.82, 2.24) is 0 Å². The van der Waals surface area contributed by atoms with Gasteiger partial charge in [-0.25, -0.2) is 0 Å². The van der Waals surface area contributed by atoms with E-state index < -0.39 is 10.1 Å². The van der Waals surface area contributed by atoms with Gasteiger partial charge in [0.2, 0.25) is 0 Å². The van der Waals surface area contributed by atoms with E-state index in [2.05, 4.69) is 4.18 Å². The van der Waals surface area contributed by atoms with Gasteiger partial charge in [-0.2, -0.15) is 8.42 Å². The van der Waals surface area contributed by atoms with Gasteiger partial charge in [0.15, 0.2) is 0 Å². The van der Waals surface area contributed by atoms with Crippen LogP contribution in [0.1, 0.15) is 19.8 Å². The molecular weight excluding hydrogens is 152 g/mol. The van der Waals surface area contributed by atoms with E-state index in [1.165, 1.54) is 6.26 Å². The van der Waals surface area contributed by atoms with Crippen molar-refractivity contribution in [2.24, 2.45) is 0 Å². The van der Waals surface area contributed by atoms with Crippen LogP contribution in [0.4, 0.5) is 0 Å². The molecule has 0 aliphatic carbocycles. The molecule has 3 nitrogen and oxygen atoms in total. The molecule has 0 amide bonds. The molecule has 1 aliphatic heterocycles. The second kappa shape index (κ2) is 2.62. The topological polar surface area (TPSA) is 43.4 Å². The molecule has 4 heteroatoms. The van der Waals surface area contributed by atoms with Crippen molar-refractivity contribution >= 4 is 10.1 Å². The predicted octanol–water partition coefficient (Wildman–Crippen LogP) is 1.03. The lowest BCUT2D eigenvalue weighted by molar-refractivity contribution is 0.444. The number of hydrogen-bond acceptors (Lipinski definition) is 3. The van der Waals surface area contributed by atoms with Crippen LogP contribution < -0.4 is 0 Å². The van der Waals surface area contributed by atoms with Crippen molar-refractivity contribution in [3.63, 3.8) is 0 Å². The molecule has 0 spiro atoms. The third-order valence-electron chi connectivity index (χ3n) is 1.36. The summed E-state index contributed by atoms with van der Waals surface area (Å²) in [7, 11) is -3.23. The van der Waals surface area contributed by atoms with E-state index in [4.69, 9.17) is 0 Å². The molecule has 0 saturated heterocycles. The van der Waals surface area contributed by atoms with Gasteiger partial charge in [0.25, 0.3) is 0 Å². The van der Waals surface area contributed by atoms with Crippen LogP contribution in [0.5, 0.6) is 0 Å². The minimum atomic E-state index is -3.23. The Morgan fingerprint density at radius 1 is 1.60 bits per heavy atom. The van der Waals surface area contributed by atoms with Crippen LogP contribution in [0.3, 0.4) is 0 Å². The van der Waals surface area contributed by atoms with E-state index >= 15 is 0 Å². The summed E-state index contributed by atoms with van der Waals surface area (Å²) in [4.78, 5) is 0. The Bertz CT molecular complexity index is 238. The average molecular weight is 162 g/mol. The van der Waals surface area contributed by atoms with Crippen molar-refractivity contribution in [3.05, 3.63) is 11.8 Å². The molecule has 0 atom stereocenters. The van der Waals surface area contributed by atoms with Gasteiger partial charge in [0.1, 0.15) is 6.26 Å². The van der Waals surface area contributed by atoms with E-state index in [1.807, 2.05) is 6.92 Å². The number of hydrogen-bond donors (Lipinski definition) is 0. The zero-order valence-corrected chi connectivity index (χ0v) is 6.65. The minimum absolute atomic E-state index is 0.140. The smallest absolute Gasteiger partial charge is 0.308 e. The van der Waals surface area contributed by atoms with E-state index in [-0.39, 0.29) is 5.75 Å². The monoisotopic (exact) mass is 162 g/mol. The molecule has 0 fully saturated rings. The number of allylic oxidation sites excluding steroid dienone is 1. The molecule has 1 heterocycles. The molecule has 0 unspecified atom stereocenters. The predicted molar refractivity (Wildman–Crippen MR) is 37.9 cm³/mol. The standard InChI is InChI=1S/C6H10O3S/c1-6-3-2-4-10(7,8)9-5-6/h5H,2-4H2,1H3. The third kappa shape index (κ3) is 2.02. The zero-order chi connectivity index (χ0) is 7.61. The highest BCUT2D eigenvalue weighted by Gasteiger charge is 2.12. The Kier molecular flexibility index (Phi) is 1.99. The van der Waals surface area contributed by atoms with E-state index in [0.717, 1.165) is 12.0 Å². The molecule has 0 aromatic carbocycles. The Balaban J connectivity index is 2.76. The van der Waals surface area contributed by atoms with Crippen molar-refractivity contribution < 1.29 is 12.6 Å². The number of rotatable bonds is 0. The summed E-state index contributed by atoms with van der Waals surface area (Å²) >= 11 is 0. The summed E-state index contributed by atoms with van der Waals surface area (Å²) in [6.45, 7) is 1.86. The van der Waals surface area contributed by atoms with Crippen molar-refractivity contribution in [3.8, 4) is 0 Å². The molecule has 1 aliphatic rings. The largest absolute Gasteiger partial charge is 0.390 e. The highest BCUT2D eigenvalue weighted by molar-refractivity contribution is 7.86. The van der Waals surface area contributed by atoms with Crippen molar-refractivity contribution in [1.29, 1.82) is 0 Å². The first-order valence-corrected chi connectivity index (χ1v) is 4.74. The molecule has 10 heavy (non-hydrogen) atoms. The van der Waals surface area contributed by atoms with Crippen LogP contribution in [0.2, 0.25) is 0 Å². The SMILES string of the molecule is CC1=COS(=O)(=O)CCC1. The van der Waals surface area contributed by atoms with Gasteiger partial charge in [-0.1, -0.05) is 0 Å². The summed E-state index contributed by atoms with van der Waals surface area (Å²) in [5.41, 5.74) is 0.987. The maximum atomic E-state index is 10.7. The van der Waals surface area contributed by atoms with Crippen LogP contribution in [0.25, 0.3) is 0 Å². The van der Waals surface area contributed by atoms with Crippen LogP contribution >= 0.6 is 0 Å². The third-order valence-corrected chi connectivity index (χ3v) is 2.54. The lowest BCUT2D eigenvalue weighted by Gasteiger charge is -1.95. The first kappa shape index (κ1) is 7.60. The highest BCUT2D eigenvalue weighted by atomic mass is 32.2. The normalized spacial score (nSPS) is 24.3. The molecule has 0 aromatic rings. The summed E-state index contributed by atoms with van der Waals surface area (Å²) in [6.07, 6.45) is 2.81. The molecular formula is C6H10O3S. The fourth-order valence-corrected chi connectivity index (χ4v) is 1.70. The summed E-state index contributed by atoms with van der Waals surface area (Å²) in [5, 5.41) is 0. The van der Waals surface area contributed by atoms with Crippen LogP contribution in [-0.4, -0.2) is 14.2 Å². The summed E-state index contributed by atoms with van der Waals surface area (Å²) in [5.74, 6) is 0.140. The van der Waals surface area contributed by atoms with Crippen molar-refractivity contribution in [2.45, 2.75) is 19.8 Å². The van der Waals surface area contributed by atoms with E-state index in [1.54, 1.807) is 0 Å². The second-order valence-electron chi connectivity index (χ2n) is 2.43. The van der Waals surface area contributed by atoms with Gasteiger partial charge < -0.3 is 4.18 Å². The van der Waals surface area contributed by atoms with Crippen molar-refractivity contribution in [2.75, 3.05) is 5.75 Å². The first-order valence-electron chi connectivity index (χ1n) is 3.17. The maximum absolute atomic E-state index is 10.7. The maximum Gasteiger partial charge on any atom is 0.308 e. The quantitative estimate of drug-likeness (QED) is 0.500. The van der Waals surface area contributed by atoms with Gasteiger partial charge in [-0.05, 0) is 25.3 Å². The molecule has 0 bridgehead atoms. The lowest BCUT2D eigenvalue weighted by Crippen LogP contribution is -2.04. The van der Waals surface area contributed by atoms with Gasteiger partial charge in [0.05, 0.1) is 5.75 Å². The molecule has 0 radical (unpaired) electrons. The Labute approximate surface area is 60.8 Å². The molecule has 0 aromatic heterocycles. The minimum Gasteiger partial charge on any atom is -0.390 e. The molecule has 58 valence electrons. The molecule has 0 N–H and O–H groups in total. The average Bonchev–Trinajstić information content (AvgIpc) is 1.94. The molecule has 0 saturated carbocycles. The van der Waals surface area contributed by atoms with Gasteiger partial charge >= 0.3 is 10.1 Å². The van der Waals surface area contributed by atoms with Crippen LogP contribution in [0.15, 0.2) is 11.8 Å². The lowest BCUT2D eigenvalue weighted by atomic mass is 10.2. The summed E-state index contributed by atoms with van der Waals surface area (Å²) in [6, 6.07) is 0.